The number of rotatable bonds is 8. The fraction of sp³-hybridized carbons (Fsp3) is 0.708. The van der Waals surface area contributed by atoms with Gasteiger partial charge in [-0.25, -0.2) is 4.98 Å². The second kappa shape index (κ2) is 10.3. The molecule has 1 N–H and O–H groups in total. The lowest BCUT2D eigenvalue weighted by molar-refractivity contribution is -0.122. The number of anilines is 2. The molecule has 3 fully saturated rings. The molecule has 0 radical (unpaired) electrons. The van der Waals surface area contributed by atoms with Gasteiger partial charge in [-0.3, -0.25) is 9.59 Å². The molecule has 6 heteroatoms. The molecule has 0 spiro atoms. The van der Waals surface area contributed by atoms with Gasteiger partial charge in [0.25, 0.3) is 0 Å². The van der Waals surface area contributed by atoms with Gasteiger partial charge in [-0.1, -0.05) is 25.7 Å². The van der Waals surface area contributed by atoms with Crippen molar-refractivity contribution in [1.82, 2.24) is 9.88 Å². The van der Waals surface area contributed by atoms with Crippen LogP contribution in [0.25, 0.3) is 0 Å². The summed E-state index contributed by atoms with van der Waals surface area (Å²) in [5, 5.41) is 2.99. The fourth-order valence-electron chi connectivity index (χ4n) is 5.14. The van der Waals surface area contributed by atoms with Crippen molar-refractivity contribution in [2.24, 2.45) is 11.8 Å². The molecule has 0 aromatic carbocycles. The third-order valence-electron chi connectivity index (χ3n) is 7.31. The molecule has 4 rings (SSSR count). The number of aromatic nitrogens is 1. The number of pyridine rings is 1. The van der Waals surface area contributed by atoms with Crippen LogP contribution >= 0.6 is 0 Å². The standard InChI is InChI=1S/C24H36N4O2/c29-18-28(22-9-2-1-3-10-22)15-13-19-6-5-14-27(17-19)23-12-11-21(16-25-23)26-24(30)20-7-4-8-20/h11-12,16,18-20,22H,1-10,13-15,17H2,(H,26,30). The quantitative estimate of drug-likeness (QED) is 0.650. The van der Waals surface area contributed by atoms with Crippen LogP contribution in [0.5, 0.6) is 0 Å². The van der Waals surface area contributed by atoms with E-state index in [4.69, 9.17) is 0 Å². The highest BCUT2D eigenvalue weighted by atomic mass is 16.2. The smallest absolute Gasteiger partial charge is 0.227 e. The number of hydrogen-bond donors (Lipinski definition) is 1. The van der Waals surface area contributed by atoms with Gasteiger partial charge in [0.2, 0.25) is 12.3 Å². The van der Waals surface area contributed by atoms with Crippen LogP contribution in [0.4, 0.5) is 11.5 Å². The van der Waals surface area contributed by atoms with Crippen LogP contribution in [0.2, 0.25) is 0 Å². The SMILES string of the molecule is O=CN(CCC1CCCN(c2ccc(NC(=O)C3CCC3)cn2)C1)C1CCCCC1. The molecule has 1 unspecified atom stereocenters. The maximum Gasteiger partial charge on any atom is 0.227 e. The molecule has 1 atom stereocenters. The van der Waals surface area contributed by atoms with Crippen molar-refractivity contribution in [3.05, 3.63) is 18.3 Å². The highest BCUT2D eigenvalue weighted by Crippen LogP contribution is 2.29. The van der Waals surface area contributed by atoms with Crippen LogP contribution in [-0.2, 0) is 9.59 Å². The topological polar surface area (TPSA) is 65.5 Å². The summed E-state index contributed by atoms with van der Waals surface area (Å²) in [5.41, 5.74) is 0.790. The summed E-state index contributed by atoms with van der Waals surface area (Å²) in [5.74, 6) is 1.91. The van der Waals surface area contributed by atoms with Crippen molar-refractivity contribution in [2.75, 3.05) is 29.9 Å². The summed E-state index contributed by atoms with van der Waals surface area (Å²) in [4.78, 5) is 32.8. The Bertz CT molecular complexity index is 698. The summed E-state index contributed by atoms with van der Waals surface area (Å²) in [6.45, 7) is 2.90. The van der Waals surface area contributed by atoms with Gasteiger partial charge in [-0.2, -0.15) is 0 Å². The van der Waals surface area contributed by atoms with Gasteiger partial charge in [0.05, 0.1) is 11.9 Å². The van der Waals surface area contributed by atoms with Crippen LogP contribution in [-0.4, -0.2) is 47.9 Å². The molecule has 164 valence electrons. The van der Waals surface area contributed by atoms with Crippen LogP contribution in [0, 0.1) is 11.8 Å². The molecule has 30 heavy (non-hydrogen) atoms. The molecular formula is C24H36N4O2. The number of nitrogens with one attached hydrogen (secondary N) is 1. The maximum atomic E-state index is 12.1. The highest BCUT2D eigenvalue weighted by Gasteiger charge is 2.26. The van der Waals surface area contributed by atoms with E-state index in [2.05, 4.69) is 20.1 Å². The molecule has 3 aliphatic rings. The van der Waals surface area contributed by atoms with Crippen molar-refractivity contribution < 1.29 is 9.59 Å². The van der Waals surface area contributed by atoms with Crippen molar-refractivity contribution in [2.45, 2.75) is 76.7 Å². The molecule has 0 bridgehead atoms. The lowest BCUT2D eigenvalue weighted by Crippen LogP contribution is -2.40. The zero-order chi connectivity index (χ0) is 20.8. The van der Waals surface area contributed by atoms with Gasteiger partial charge in [0.15, 0.2) is 0 Å². The third-order valence-corrected chi connectivity index (χ3v) is 7.31. The fourth-order valence-corrected chi connectivity index (χ4v) is 5.14. The van der Waals surface area contributed by atoms with Crippen LogP contribution in [0.1, 0.15) is 70.6 Å². The molecule has 2 heterocycles. The van der Waals surface area contributed by atoms with Gasteiger partial charge in [-0.05, 0) is 63.0 Å². The molecule has 2 saturated carbocycles. The average Bonchev–Trinajstić information content (AvgIpc) is 2.74. The highest BCUT2D eigenvalue weighted by molar-refractivity contribution is 5.92. The Morgan fingerprint density at radius 3 is 2.60 bits per heavy atom. The van der Waals surface area contributed by atoms with Crippen molar-refractivity contribution in [3.8, 4) is 0 Å². The van der Waals surface area contributed by atoms with Crippen LogP contribution in [0.3, 0.4) is 0 Å². The number of amides is 2. The van der Waals surface area contributed by atoms with Crippen LogP contribution < -0.4 is 10.2 Å². The Kier molecular flexibility index (Phi) is 7.24. The van der Waals surface area contributed by atoms with E-state index in [1.165, 1.54) is 38.5 Å². The molecule has 2 amide bonds. The Labute approximate surface area is 180 Å². The van der Waals surface area contributed by atoms with Crippen LogP contribution in [0.15, 0.2) is 18.3 Å². The maximum absolute atomic E-state index is 12.1. The number of carbonyl (C=O) groups is 2. The molecule has 1 saturated heterocycles. The zero-order valence-corrected chi connectivity index (χ0v) is 18.1. The van der Waals surface area contributed by atoms with Gasteiger partial charge in [-0.15, -0.1) is 0 Å². The molecule has 6 nitrogen and oxygen atoms in total. The Morgan fingerprint density at radius 1 is 1.10 bits per heavy atom. The summed E-state index contributed by atoms with van der Waals surface area (Å²) in [6.07, 6.45) is 15.7. The summed E-state index contributed by atoms with van der Waals surface area (Å²) < 4.78 is 0. The summed E-state index contributed by atoms with van der Waals surface area (Å²) >= 11 is 0. The summed E-state index contributed by atoms with van der Waals surface area (Å²) in [6, 6.07) is 4.46. The van der Waals surface area contributed by atoms with Gasteiger partial charge in [0, 0.05) is 31.6 Å². The van der Waals surface area contributed by atoms with Gasteiger partial charge < -0.3 is 15.1 Å². The Hall–Kier alpha value is -2.11. The first kappa shape index (κ1) is 21.1. The largest absolute Gasteiger partial charge is 0.356 e. The minimum absolute atomic E-state index is 0.131. The molecule has 1 aromatic rings. The average molecular weight is 413 g/mol. The predicted octanol–water partition coefficient (Wildman–Crippen LogP) is 4.22. The summed E-state index contributed by atoms with van der Waals surface area (Å²) in [7, 11) is 0. The van der Waals surface area contributed by atoms with E-state index in [1.54, 1.807) is 6.20 Å². The molecule has 1 aliphatic heterocycles. The first-order valence-corrected chi connectivity index (χ1v) is 12.0. The first-order valence-electron chi connectivity index (χ1n) is 12.0. The van der Waals surface area contributed by atoms with E-state index < -0.39 is 0 Å². The lowest BCUT2D eigenvalue weighted by Gasteiger charge is -2.36. The molecule has 2 aliphatic carbocycles. The second-order valence-corrected chi connectivity index (χ2v) is 9.40. The van der Waals surface area contributed by atoms with E-state index in [0.717, 1.165) is 69.7 Å². The molecular weight excluding hydrogens is 376 g/mol. The Balaban J connectivity index is 1.26. The molecule has 1 aromatic heterocycles. The van der Waals surface area contributed by atoms with E-state index in [0.29, 0.717) is 12.0 Å². The second-order valence-electron chi connectivity index (χ2n) is 9.40. The minimum atomic E-state index is 0.131. The lowest BCUT2D eigenvalue weighted by atomic mass is 9.85. The zero-order valence-electron chi connectivity index (χ0n) is 18.1. The third kappa shape index (κ3) is 5.32. The number of nitrogens with zero attached hydrogens (tertiary/aromatic N) is 3. The number of carbonyl (C=O) groups excluding carboxylic acids is 2. The first-order chi connectivity index (χ1) is 14.7. The van der Waals surface area contributed by atoms with E-state index in [1.807, 2.05) is 12.1 Å². The minimum Gasteiger partial charge on any atom is -0.356 e. The van der Waals surface area contributed by atoms with E-state index >= 15 is 0 Å². The van der Waals surface area contributed by atoms with Gasteiger partial charge >= 0.3 is 0 Å². The van der Waals surface area contributed by atoms with E-state index in [9.17, 15) is 9.59 Å². The monoisotopic (exact) mass is 412 g/mol. The normalized spacial score (nSPS) is 22.9. The Morgan fingerprint density at radius 2 is 1.93 bits per heavy atom. The number of hydrogen-bond acceptors (Lipinski definition) is 4. The van der Waals surface area contributed by atoms with E-state index in [-0.39, 0.29) is 11.8 Å². The predicted molar refractivity (Wildman–Crippen MR) is 119 cm³/mol. The number of piperidine rings is 1. The van der Waals surface area contributed by atoms with Crippen molar-refractivity contribution in [3.63, 3.8) is 0 Å². The van der Waals surface area contributed by atoms with Crippen molar-refractivity contribution >= 4 is 23.8 Å². The van der Waals surface area contributed by atoms with Gasteiger partial charge in [0.1, 0.15) is 5.82 Å². The van der Waals surface area contributed by atoms with Crippen molar-refractivity contribution in [1.29, 1.82) is 0 Å².